The first-order valence-electron chi connectivity index (χ1n) is 3.91. The first-order chi connectivity index (χ1) is 6.33. The monoisotopic (exact) mass is 195 g/mol. The predicted octanol–water partition coefficient (Wildman–Crippen LogP) is 3.11. The highest BCUT2D eigenvalue weighted by Gasteiger charge is 2.04. The molecule has 1 aromatic carbocycles. The van der Waals surface area contributed by atoms with E-state index in [0.717, 1.165) is 5.56 Å². The number of hydrogen-bond donors (Lipinski definition) is 0. The standard InChI is InChI=1S/C10H7ClFN/c11-6-7-3-4-9(12)8-2-1-5-13-10(7)8/h1-5H,6H2. The van der Waals surface area contributed by atoms with E-state index in [1.165, 1.54) is 6.07 Å². The van der Waals surface area contributed by atoms with Crippen LogP contribution in [0.15, 0.2) is 30.5 Å². The lowest BCUT2D eigenvalue weighted by Gasteiger charge is -2.02. The normalized spacial score (nSPS) is 10.6. The number of nitrogens with zero attached hydrogens (tertiary/aromatic N) is 1. The Labute approximate surface area is 80.2 Å². The summed E-state index contributed by atoms with van der Waals surface area (Å²) >= 11 is 5.70. The van der Waals surface area contributed by atoms with E-state index < -0.39 is 0 Å². The number of fused-ring (bicyclic) bond motifs is 1. The molecule has 2 rings (SSSR count). The van der Waals surface area contributed by atoms with Crippen molar-refractivity contribution >= 4 is 22.5 Å². The van der Waals surface area contributed by atoms with Gasteiger partial charge in [0.2, 0.25) is 0 Å². The fourth-order valence-electron chi connectivity index (χ4n) is 1.30. The van der Waals surface area contributed by atoms with Crippen molar-refractivity contribution in [2.45, 2.75) is 5.88 Å². The van der Waals surface area contributed by atoms with Crippen LogP contribution in [0.3, 0.4) is 0 Å². The molecule has 0 spiro atoms. The van der Waals surface area contributed by atoms with Gasteiger partial charge in [0.15, 0.2) is 0 Å². The van der Waals surface area contributed by atoms with Crippen molar-refractivity contribution in [3.05, 3.63) is 41.8 Å². The molecular formula is C10H7ClFN. The van der Waals surface area contributed by atoms with Crippen LogP contribution in [0.25, 0.3) is 10.9 Å². The molecule has 1 heterocycles. The summed E-state index contributed by atoms with van der Waals surface area (Å²) in [5.74, 6) is 0.102. The molecule has 66 valence electrons. The maximum absolute atomic E-state index is 13.2. The highest BCUT2D eigenvalue weighted by Crippen LogP contribution is 2.20. The molecule has 1 nitrogen and oxygen atoms in total. The lowest BCUT2D eigenvalue weighted by atomic mass is 10.1. The summed E-state index contributed by atoms with van der Waals surface area (Å²) in [6.45, 7) is 0. The molecule has 1 aromatic heterocycles. The van der Waals surface area contributed by atoms with Crippen molar-refractivity contribution in [2.24, 2.45) is 0 Å². The van der Waals surface area contributed by atoms with Crippen molar-refractivity contribution < 1.29 is 4.39 Å². The smallest absolute Gasteiger partial charge is 0.132 e. The molecule has 2 aromatic rings. The molecule has 3 heteroatoms. The van der Waals surface area contributed by atoms with Crippen LogP contribution in [0.1, 0.15) is 5.56 Å². The molecule has 0 atom stereocenters. The summed E-state index contributed by atoms with van der Waals surface area (Å²) in [4.78, 5) is 4.09. The van der Waals surface area contributed by atoms with Gasteiger partial charge in [-0.15, -0.1) is 11.6 Å². The summed E-state index contributed by atoms with van der Waals surface area (Å²) in [7, 11) is 0. The third kappa shape index (κ3) is 1.38. The number of rotatable bonds is 1. The van der Waals surface area contributed by atoms with Crippen LogP contribution in [0, 0.1) is 5.82 Å². The van der Waals surface area contributed by atoms with Gasteiger partial charge in [0.1, 0.15) is 5.82 Å². The van der Waals surface area contributed by atoms with Crippen LogP contribution in [0.2, 0.25) is 0 Å². The first kappa shape index (κ1) is 8.45. The summed E-state index contributed by atoms with van der Waals surface area (Å²) in [6.07, 6.45) is 1.64. The van der Waals surface area contributed by atoms with Crippen molar-refractivity contribution in [3.63, 3.8) is 0 Å². The van der Waals surface area contributed by atoms with Gasteiger partial charge in [0.25, 0.3) is 0 Å². The van der Waals surface area contributed by atoms with Crippen LogP contribution in [-0.2, 0) is 5.88 Å². The Morgan fingerprint density at radius 2 is 2.15 bits per heavy atom. The average Bonchev–Trinajstić information content (AvgIpc) is 2.19. The number of alkyl halides is 1. The minimum atomic E-state index is -0.253. The number of aromatic nitrogens is 1. The minimum Gasteiger partial charge on any atom is -0.256 e. The summed E-state index contributed by atoms with van der Waals surface area (Å²) in [6, 6.07) is 6.50. The van der Waals surface area contributed by atoms with Gasteiger partial charge in [0.05, 0.1) is 5.52 Å². The van der Waals surface area contributed by atoms with Gasteiger partial charge in [-0.25, -0.2) is 4.39 Å². The second-order valence-electron chi connectivity index (χ2n) is 2.74. The van der Waals surface area contributed by atoms with Crippen LogP contribution >= 0.6 is 11.6 Å². The lowest BCUT2D eigenvalue weighted by Crippen LogP contribution is -1.88. The Balaban J connectivity index is 2.84. The van der Waals surface area contributed by atoms with Crippen molar-refractivity contribution in [3.8, 4) is 0 Å². The van der Waals surface area contributed by atoms with Crippen molar-refractivity contribution in [1.29, 1.82) is 0 Å². The molecule has 0 aliphatic heterocycles. The zero-order valence-corrected chi connectivity index (χ0v) is 7.55. The van der Waals surface area contributed by atoms with Gasteiger partial charge in [-0.1, -0.05) is 6.07 Å². The highest BCUT2D eigenvalue weighted by atomic mass is 35.5. The third-order valence-corrected chi connectivity index (χ3v) is 2.23. The second kappa shape index (κ2) is 3.30. The molecule has 0 fully saturated rings. The number of halogens is 2. The fraction of sp³-hybridized carbons (Fsp3) is 0.100. The van der Waals surface area contributed by atoms with Crippen LogP contribution in [-0.4, -0.2) is 4.98 Å². The number of hydrogen-bond acceptors (Lipinski definition) is 1. The minimum absolute atomic E-state index is 0.253. The first-order valence-corrected chi connectivity index (χ1v) is 4.44. The summed E-state index contributed by atoms with van der Waals surface area (Å²) in [5, 5.41) is 0.528. The van der Waals surface area contributed by atoms with Crippen LogP contribution < -0.4 is 0 Å². The lowest BCUT2D eigenvalue weighted by molar-refractivity contribution is 0.639. The van der Waals surface area contributed by atoms with E-state index in [-0.39, 0.29) is 5.82 Å². The van der Waals surface area contributed by atoms with E-state index in [9.17, 15) is 4.39 Å². The molecule has 13 heavy (non-hydrogen) atoms. The van der Waals surface area contributed by atoms with Gasteiger partial charge >= 0.3 is 0 Å². The summed E-state index contributed by atoms with van der Waals surface area (Å²) in [5.41, 5.74) is 1.51. The van der Waals surface area contributed by atoms with Gasteiger partial charge in [-0.2, -0.15) is 0 Å². The highest BCUT2D eigenvalue weighted by molar-refractivity contribution is 6.17. The topological polar surface area (TPSA) is 12.9 Å². The Hall–Kier alpha value is -1.15. The molecule has 0 saturated heterocycles. The van der Waals surface area contributed by atoms with E-state index >= 15 is 0 Å². The SMILES string of the molecule is Fc1ccc(CCl)c2ncccc12. The molecule has 0 saturated carbocycles. The van der Waals surface area contributed by atoms with Crippen LogP contribution in [0.4, 0.5) is 4.39 Å². The van der Waals surface area contributed by atoms with Gasteiger partial charge in [0, 0.05) is 17.5 Å². The molecule has 0 aliphatic rings. The molecular weight excluding hydrogens is 189 g/mol. The maximum Gasteiger partial charge on any atom is 0.132 e. The Morgan fingerprint density at radius 3 is 2.92 bits per heavy atom. The van der Waals surface area contributed by atoms with Gasteiger partial charge < -0.3 is 0 Å². The molecule has 0 aliphatic carbocycles. The molecule has 0 N–H and O–H groups in total. The van der Waals surface area contributed by atoms with Crippen molar-refractivity contribution in [2.75, 3.05) is 0 Å². The third-order valence-electron chi connectivity index (χ3n) is 1.94. The molecule has 0 bridgehead atoms. The van der Waals surface area contributed by atoms with E-state index in [1.54, 1.807) is 24.4 Å². The number of pyridine rings is 1. The molecule has 0 unspecified atom stereocenters. The fourth-order valence-corrected chi connectivity index (χ4v) is 1.52. The van der Waals surface area contributed by atoms with E-state index in [0.29, 0.717) is 16.8 Å². The Morgan fingerprint density at radius 1 is 1.31 bits per heavy atom. The summed E-state index contributed by atoms with van der Waals surface area (Å²) < 4.78 is 13.2. The average molecular weight is 196 g/mol. The molecule has 0 radical (unpaired) electrons. The Kier molecular flexibility index (Phi) is 2.15. The quantitative estimate of drug-likeness (QED) is 0.638. The number of benzene rings is 1. The Bertz CT molecular complexity index is 442. The van der Waals surface area contributed by atoms with Gasteiger partial charge in [-0.05, 0) is 23.8 Å². The van der Waals surface area contributed by atoms with Gasteiger partial charge in [-0.3, -0.25) is 4.98 Å². The van der Waals surface area contributed by atoms with E-state index in [2.05, 4.69) is 4.98 Å². The second-order valence-corrected chi connectivity index (χ2v) is 3.01. The van der Waals surface area contributed by atoms with Crippen molar-refractivity contribution in [1.82, 2.24) is 4.98 Å². The predicted molar refractivity (Wildman–Crippen MR) is 51.3 cm³/mol. The largest absolute Gasteiger partial charge is 0.256 e. The van der Waals surface area contributed by atoms with Crippen LogP contribution in [0.5, 0.6) is 0 Å². The zero-order chi connectivity index (χ0) is 9.26. The van der Waals surface area contributed by atoms with E-state index in [4.69, 9.17) is 11.6 Å². The molecule has 0 amide bonds. The van der Waals surface area contributed by atoms with E-state index in [1.807, 2.05) is 0 Å². The maximum atomic E-state index is 13.2. The zero-order valence-electron chi connectivity index (χ0n) is 6.80.